The second-order valence-corrected chi connectivity index (χ2v) is 3.03. The Hall–Kier alpha value is -0.780. The van der Waals surface area contributed by atoms with E-state index in [9.17, 15) is 18.0 Å². The molecule has 3 nitrogen and oxygen atoms in total. The Morgan fingerprint density at radius 2 is 1.93 bits per heavy atom. The van der Waals surface area contributed by atoms with Crippen LogP contribution in [0.3, 0.4) is 0 Å². The number of carbonyl (C=O) groups is 1. The first kappa shape index (κ1) is 13.2. The van der Waals surface area contributed by atoms with E-state index in [4.69, 9.17) is 0 Å². The molecule has 0 saturated carbocycles. The summed E-state index contributed by atoms with van der Waals surface area (Å²) in [5, 5.41) is 0. The van der Waals surface area contributed by atoms with Crippen LogP contribution in [0.1, 0.15) is 13.3 Å². The molecule has 1 unspecified atom stereocenters. The summed E-state index contributed by atoms with van der Waals surface area (Å²) in [6.45, 7) is 1.65. The Labute approximate surface area is 80.8 Å². The monoisotopic (exact) mass is 213 g/mol. The number of carbonyl (C=O) groups excluding carboxylic acids is 1. The van der Waals surface area contributed by atoms with Crippen LogP contribution in [0.25, 0.3) is 0 Å². The maximum absolute atomic E-state index is 12.3. The molecular weight excluding hydrogens is 199 g/mol. The number of hydrogen-bond donors (Lipinski definition) is 0. The quantitative estimate of drug-likeness (QED) is 0.662. The first-order valence-electron chi connectivity index (χ1n) is 4.17. The van der Waals surface area contributed by atoms with E-state index < -0.39 is 24.6 Å². The minimum Gasteiger partial charge on any atom is -0.466 e. The highest BCUT2D eigenvalue weighted by Crippen LogP contribution is 2.25. The standard InChI is InChI=1S/C8H14F3NO2/c1-4-14-7(13)5-6(12(2)3)8(9,10)11/h6H,4-5H2,1-3H3. The van der Waals surface area contributed by atoms with E-state index in [0.29, 0.717) is 0 Å². The number of ether oxygens (including phenoxy) is 1. The fourth-order valence-electron chi connectivity index (χ4n) is 0.969. The molecule has 0 rings (SSSR count). The number of halogens is 3. The van der Waals surface area contributed by atoms with Gasteiger partial charge in [0.05, 0.1) is 13.0 Å². The zero-order valence-electron chi connectivity index (χ0n) is 8.39. The molecule has 0 heterocycles. The molecule has 0 aromatic carbocycles. The zero-order chi connectivity index (χ0) is 11.4. The SMILES string of the molecule is CCOC(=O)CC(N(C)C)C(F)(F)F. The topological polar surface area (TPSA) is 29.5 Å². The average molecular weight is 213 g/mol. The van der Waals surface area contributed by atoms with Crippen molar-refractivity contribution in [3.63, 3.8) is 0 Å². The van der Waals surface area contributed by atoms with Gasteiger partial charge in [-0.15, -0.1) is 0 Å². The Kier molecular flexibility index (Phi) is 4.90. The van der Waals surface area contributed by atoms with Gasteiger partial charge in [0, 0.05) is 0 Å². The smallest absolute Gasteiger partial charge is 0.404 e. The second-order valence-electron chi connectivity index (χ2n) is 3.03. The minimum atomic E-state index is -4.41. The van der Waals surface area contributed by atoms with E-state index in [-0.39, 0.29) is 6.61 Å². The fraction of sp³-hybridized carbons (Fsp3) is 0.875. The first-order chi connectivity index (χ1) is 6.29. The highest BCUT2D eigenvalue weighted by Gasteiger charge is 2.42. The van der Waals surface area contributed by atoms with Crippen LogP contribution < -0.4 is 0 Å². The van der Waals surface area contributed by atoms with Gasteiger partial charge >= 0.3 is 12.1 Å². The van der Waals surface area contributed by atoms with Gasteiger partial charge in [0.25, 0.3) is 0 Å². The summed E-state index contributed by atoms with van der Waals surface area (Å²) in [4.78, 5) is 11.8. The van der Waals surface area contributed by atoms with Gasteiger partial charge in [-0.05, 0) is 21.0 Å². The lowest BCUT2D eigenvalue weighted by molar-refractivity contribution is -0.186. The zero-order valence-corrected chi connectivity index (χ0v) is 8.39. The number of hydrogen-bond acceptors (Lipinski definition) is 3. The summed E-state index contributed by atoms with van der Waals surface area (Å²) >= 11 is 0. The molecule has 0 fully saturated rings. The van der Waals surface area contributed by atoms with Crippen LogP contribution in [0.2, 0.25) is 0 Å². The third-order valence-corrected chi connectivity index (χ3v) is 1.67. The van der Waals surface area contributed by atoms with Gasteiger partial charge < -0.3 is 4.74 Å². The highest BCUT2D eigenvalue weighted by molar-refractivity contribution is 5.70. The Morgan fingerprint density at radius 1 is 1.43 bits per heavy atom. The van der Waals surface area contributed by atoms with E-state index >= 15 is 0 Å². The fourth-order valence-corrected chi connectivity index (χ4v) is 0.969. The first-order valence-corrected chi connectivity index (χ1v) is 4.17. The van der Waals surface area contributed by atoms with Gasteiger partial charge in [-0.3, -0.25) is 9.69 Å². The van der Waals surface area contributed by atoms with Gasteiger partial charge in [-0.1, -0.05) is 0 Å². The molecule has 0 saturated heterocycles. The molecule has 0 bridgehead atoms. The number of esters is 1. The van der Waals surface area contributed by atoms with Gasteiger partial charge in [-0.2, -0.15) is 13.2 Å². The van der Waals surface area contributed by atoms with E-state index in [1.165, 1.54) is 14.1 Å². The number of nitrogens with zero attached hydrogens (tertiary/aromatic N) is 1. The van der Waals surface area contributed by atoms with Gasteiger partial charge in [0.15, 0.2) is 0 Å². The molecule has 0 aliphatic carbocycles. The van der Waals surface area contributed by atoms with E-state index in [1.54, 1.807) is 6.92 Å². The molecule has 0 amide bonds. The molecule has 0 aliphatic heterocycles. The maximum Gasteiger partial charge on any atom is 0.404 e. The van der Waals surface area contributed by atoms with E-state index in [1.807, 2.05) is 0 Å². The molecule has 14 heavy (non-hydrogen) atoms. The molecule has 0 spiro atoms. The molecule has 0 N–H and O–H groups in total. The van der Waals surface area contributed by atoms with Crippen LogP contribution in [0.5, 0.6) is 0 Å². The molecule has 6 heteroatoms. The minimum absolute atomic E-state index is 0.0941. The summed E-state index contributed by atoms with van der Waals surface area (Å²) in [7, 11) is 2.55. The number of alkyl halides is 3. The van der Waals surface area contributed by atoms with Crippen LogP contribution >= 0.6 is 0 Å². The molecule has 0 aromatic rings. The summed E-state index contributed by atoms with van der Waals surface area (Å²) in [6, 6.07) is -1.78. The predicted molar refractivity (Wildman–Crippen MR) is 44.8 cm³/mol. The summed E-state index contributed by atoms with van der Waals surface area (Å²) in [5.74, 6) is -0.830. The van der Waals surface area contributed by atoms with Crippen molar-refractivity contribution in [2.75, 3.05) is 20.7 Å². The Bertz CT molecular complexity index is 192. The molecule has 1 atom stereocenters. The summed E-state index contributed by atoms with van der Waals surface area (Å²) in [6.07, 6.45) is -5.07. The van der Waals surface area contributed by atoms with Crippen molar-refractivity contribution < 1.29 is 22.7 Å². The van der Waals surface area contributed by atoms with Crippen molar-refractivity contribution in [3.05, 3.63) is 0 Å². The van der Waals surface area contributed by atoms with Gasteiger partial charge in [0.2, 0.25) is 0 Å². The van der Waals surface area contributed by atoms with Crippen LogP contribution in [-0.2, 0) is 9.53 Å². The van der Waals surface area contributed by atoms with Crippen LogP contribution in [0.4, 0.5) is 13.2 Å². The molecule has 0 aliphatic rings. The van der Waals surface area contributed by atoms with Gasteiger partial charge in [0.1, 0.15) is 6.04 Å². The maximum atomic E-state index is 12.3. The van der Waals surface area contributed by atoms with Crippen molar-refractivity contribution in [1.29, 1.82) is 0 Å². The molecule has 0 radical (unpaired) electrons. The van der Waals surface area contributed by atoms with E-state index in [2.05, 4.69) is 4.74 Å². The molecule has 0 aromatic heterocycles. The van der Waals surface area contributed by atoms with Gasteiger partial charge in [-0.25, -0.2) is 0 Å². The third-order valence-electron chi connectivity index (χ3n) is 1.67. The van der Waals surface area contributed by atoms with Crippen molar-refractivity contribution in [2.24, 2.45) is 0 Å². The van der Waals surface area contributed by atoms with Crippen molar-refractivity contribution in [3.8, 4) is 0 Å². The normalized spacial score (nSPS) is 14.2. The number of rotatable bonds is 4. The Morgan fingerprint density at radius 3 is 2.21 bits per heavy atom. The lowest BCUT2D eigenvalue weighted by Crippen LogP contribution is -2.43. The largest absolute Gasteiger partial charge is 0.466 e. The van der Waals surface area contributed by atoms with Crippen molar-refractivity contribution in [2.45, 2.75) is 25.6 Å². The average Bonchev–Trinajstić information content (AvgIpc) is 1.98. The van der Waals surface area contributed by atoms with Crippen molar-refractivity contribution >= 4 is 5.97 Å². The second kappa shape index (κ2) is 5.19. The third kappa shape index (κ3) is 4.45. The van der Waals surface area contributed by atoms with E-state index in [0.717, 1.165) is 4.90 Å². The summed E-state index contributed by atoms with van der Waals surface area (Å²) in [5.41, 5.74) is 0. The van der Waals surface area contributed by atoms with Crippen LogP contribution in [0, 0.1) is 0 Å². The lowest BCUT2D eigenvalue weighted by atomic mass is 10.2. The predicted octanol–water partition coefficient (Wildman–Crippen LogP) is 1.43. The van der Waals surface area contributed by atoms with Crippen LogP contribution in [-0.4, -0.2) is 43.8 Å². The Balaban J connectivity index is 4.32. The molecule has 84 valence electrons. The lowest BCUT2D eigenvalue weighted by Gasteiger charge is -2.25. The van der Waals surface area contributed by atoms with Crippen LogP contribution in [0.15, 0.2) is 0 Å². The molecular formula is C8H14F3NO2. The van der Waals surface area contributed by atoms with Crippen molar-refractivity contribution in [1.82, 2.24) is 4.90 Å². The summed E-state index contributed by atoms with van der Waals surface area (Å²) < 4.78 is 41.4. The highest BCUT2D eigenvalue weighted by atomic mass is 19.4.